The van der Waals surface area contributed by atoms with Gasteiger partial charge in [0.05, 0.1) is 19.2 Å². The van der Waals surface area contributed by atoms with Crippen LogP contribution in [0.3, 0.4) is 0 Å². The van der Waals surface area contributed by atoms with Gasteiger partial charge >= 0.3 is 5.97 Å². The summed E-state index contributed by atoms with van der Waals surface area (Å²) in [7, 11) is 1.35. The molecule has 144 valence electrons. The van der Waals surface area contributed by atoms with E-state index in [4.69, 9.17) is 9.47 Å². The summed E-state index contributed by atoms with van der Waals surface area (Å²) in [4.78, 5) is 39.3. The summed E-state index contributed by atoms with van der Waals surface area (Å²) < 4.78 is 23.7. The Balaban J connectivity index is 2.08. The molecule has 0 aliphatic carbocycles. The number of methoxy groups -OCH3 is 1. The first-order valence-corrected chi connectivity index (χ1v) is 8.41. The molecule has 0 aliphatic heterocycles. The molecule has 2 aromatic rings. The normalized spacial score (nSPS) is 11.8. The minimum absolute atomic E-state index is 0.0783. The zero-order valence-corrected chi connectivity index (χ0v) is 15.9. The van der Waals surface area contributed by atoms with E-state index in [0.29, 0.717) is 22.4 Å². The third-order valence-corrected chi connectivity index (χ3v) is 4.28. The van der Waals surface area contributed by atoms with Crippen molar-refractivity contribution < 1.29 is 28.2 Å². The molecule has 2 rings (SSSR count). The molecule has 0 unspecified atom stereocenters. The molecule has 0 radical (unpaired) electrons. The van der Waals surface area contributed by atoms with Crippen LogP contribution in [0.15, 0.2) is 18.2 Å². The summed E-state index contributed by atoms with van der Waals surface area (Å²) in [5.74, 6) is -1.74. The van der Waals surface area contributed by atoms with E-state index in [9.17, 15) is 18.8 Å². The van der Waals surface area contributed by atoms with E-state index < -0.39 is 23.7 Å². The highest BCUT2D eigenvalue weighted by Gasteiger charge is 2.26. The van der Waals surface area contributed by atoms with Crippen molar-refractivity contribution in [3.05, 3.63) is 52.1 Å². The maximum absolute atomic E-state index is 13.7. The highest BCUT2D eigenvalue weighted by molar-refractivity contribution is 6.05. The van der Waals surface area contributed by atoms with Crippen molar-refractivity contribution in [1.82, 2.24) is 4.98 Å². The van der Waals surface area contributed by atoms with Gasteiger partial charge in [0.25, 0.3) is 0 Å². The monoisotopic (exact) mass is 375 g/mol. The van der Waals surface area contributed by atoms with Crippen molar-refractivity contribution >= 4 is 17.5 Å². The first kappa shape index (κ1) is 20.4. The Morgan fingerprint density at radius 2 is 1.89 bits per heavy atom. The predicted molar refractivity (Wildman–Crippen MR) is 96.8 cm³/mol. The zero-order valence-electron chi connectivity index (χ0n) is 15.9. The fourth-order valence-electron chi connectivity index (χ4n) is 3.01. The first-order valence-electron chi connectivity index (χ1n) is 8.41. The lowest BCUT2D eigenvalue weighted by Gasteiger charge is -2.12. The van der Waals surface area contributed by atoms with Gasteiger partial charge < -0.3 is 14.5 Å². The molecule has 0 bridgehead atoms. The van der Waals surface area contributed by atoms with Gasteiger partial charge in [0.15, 0.2) is 23.5 Å². The van der Waals surface area contributed by atoms with Crippen LogP contribution in [0.25, 0.3) is 0 Å². The van der Waals surface area contributed by atoms with Crippen molar-refractivity contribution in [2.75, 3.05) is 7.11 Å². The second-order valence-corrected chi connectivity index (χ2v) is 6.32. The van der Waals surface area contributed by atoms with Crippen LogP contribution in [0.5, 0.6) is 5.75 Å². The molecule has 0 amide bonds. The molecular weight excluding hydrogens is 353 g/mol. The molecule has 0 saturated heterocycles. The van der Waals surface area contributed by atoms with E-state index in [-0.39, 0.29) is 23.6 Å². The highest BCUT2D eigenvalue weighted by atomic mass is 19.1. The van der Waals surface area contributed by atoms with Crippen molar-refractivity contribution in [3.63, 3.8) is 0 Å². The molecular formula is C20H22FNO5. The number of H-pyrrole nitrogens is 1. The number of aromatic amines is 1. The number of ether oxygens (including phenoxy) is 2. The number of benzene rings is 1. The number of aryl methyl sites for hydroxylation is 1. The van der Waals surface area contributed by atoms with Crippen LogP contribution in [0.1, 0.15) is 51.5 Å². The molecule has 6 nitrogen and oxygen atoms in total. The Hall–Kier alpha value is -2.96. The van der Waals surface area contributed by atoms with Gasteiger partial charge in [-0.2, -0.15) is 0 Å². The van der Waals surface area contributed by atoms with Crippen LogP contribution >= 0.6 is 0 Å². The maximum atomic E-state index is 13.7. The second-order valence-electron chi connectivity index (χ2n) is 6.32. The summed E-state index contributed by atoms with van der Waals surface area (Å²) in [6.45, 7) is 6.25. The number of halogens is 1. The van der Waals surface area contributed by atoms with Crippen LogP contribution in [0.2, 0.25) is 0 Å². The fourth-order valence-corrected chi connectivity index (χ4v) is 3.01. The molecule has 1 N–H and O–H groups in total. The molecule has 0 spiro atoms. The lowest BCUT2D eigenvalue weighted by molar-refractivity contribution is -0.145. The molecule has 0 aliphatic rings. The number of esters is 1. The van der Waals surface area contributed by atoms with E-state index >= 15 is 0 Å². The van der Waals surface area contributed by atoms with E-state index in [2.05, 4.69) is 4.98 Å². The van der Waals surface area contributed by atoms with Crippen LogP contribution in [0, 0.1) is 19.7 Å². The number of hydrogen-bond donors (Lipinski definition) is 1. The number of carbonyl (C=O) groups excluding carboxylic acids is 3. The number of Topliss-reactive ketones (excluding diaryl/α,β-unsaturated/α-hetero) is 2. The Morgan fingerprint density at radius 1 is 1.22 bits per heavy atom. The molecule has 1 atom stereocenters. The lowest BCUT2D eigenvalue weighted by atomic mass is 10.0. The summed E-state index contributed by atoms with van der Waals surface area (Å²) in [5.41, 5.74) is 2.24. The summed E-state index contributed by atoms with van der Waals surface area (Å²) in [6, 6.07) is 4.15. The Bertz CT molecular complexity index is 900. The van der Waals surface area contributed by atoms with E-state index in [0.717, 1.165) is 0 Å². The molecule has 0 saturated carbocycles. The quantitative estimate of drug-likeness (QED) is 0.593. The zero-order chi connectivity index (χ0) is 20.3. The van der Waals surface area contributed by atoms with E-state index in [1.54, 1.807) is 19.9 Å². The summed E-state index contributed by atoms with van der Waals surface area (Å²) in [6.07, 6.45) is -1.22. The number of hydrogen-bond acceptors (Lipinski definition) is 5. The molecule has 7 heteroatoms. The van der Waals surface area contributed by atoms with Gasteiger partial charge in [-0.1, -0.05) is 6.07 Å². The minimum atomic E-state index is -1.04. The van der Waals surface area contributed by atoms with Crippen LogP contribution < -0.4 is 4.74 Å². The Kier molecular flexibility index (Phi) is 6.15. The second kappa shape index (κ2) is 8.16. The summed E-state index contributed by atoms with van der Waals surface area (Å²) in [5, 5.41) is 0. The SMILES string of the molecule is COc1ccc(CC(=O)O[C@H](C)C(=O)c2[nH]c(C)c(C(C)=O)c2C)cc1F. The number of carbonyl (C=O) groups is 3. The minimum Gasteiger partial charge on any atom is -0.494 e. The number of ketones is 2. The topological polar surface area (TPSA) is 85.5 Å². The average molecular weight is 375 g/mol. The van der Waals surface area contributed by atoms with Crippen molar-refractivity contribution in [3.8, 4) is 5.75 Å². The fraction of sp³-hybridized carbons (Fsp3) is 0.350. The van der Waals surface area contributed by atoms with Crippen LogP contribution in [0.4, 0.5) is 4.39 Å². The largest absolute Gasteiger partial charge is 0.494 e. The van der Waals surface area contributed by atoms with Gasteiger partial charge in [-0.05, 0) is 51.0 Å². The predicted octanol–water partition coefficient (Wildman–Crippen LogP) is 3.34. The first-order chi connectivity index (χ1) is 12.6. The van der Waals surface area contributed by atoms with Gasteiger partial charge in [0, 0.05) is 11.3 Å². The molecule has 1 aromatic heterocycles. The van der Waals surface area contributed by atoms with E-state index in [1.807, 2.05) is 0 Å². The van der Waals surface area contributed by atoms with Crippen molar-refractivity contribution in [2.45, 2.75) is 40.2 Å². The van der Waals surface area contributed by atoms with Crippen LogP contribution in [-0.2, 0) is 16.0 Å². The summed E-state index contributed by atoms with van der Waals surface area (Å²) >= 11 is 0. The van der Waals surface area contributed by atoms with Gasteiger partial charge in [-0.25, -0.2) is 4.39 Å². The molecule has 0 fully saturated rings. The van der Waals surface area contributed by atoms with E-state index in [1.165, 1.54) is 33.1 Å². The van der Waals surface area contributed by atoms with Gasteiger partial charge in [0.2, 0.25) is 5.78 Å². The number of aromatic nitrogens is 1. The lowest BCUT2D eigenvalue weighted by Crippen LogP contribution is -2.26. The Morgan fingerprint density at radius 3 is 2.41 bits per heavy atom. The Labute approximate surface area is 156 Å². The average Bonchev–Trinajstić information content (AvgIpc) is 2.88. The maximum Gasteiger partial charge on any atom is 0.310 e. The number of rotatable bonds is 7. The third kappa shape index (κ3) is 4.42. The molecule has 1 heterocycles. The highest BCUT2D eigenvalue weighted by Crippen LogP contribution is 2.21. The standard InChI is InChI=1S/C20H22FNO5/c1-10-18(12(3)23)11(2)22-19(10)20(25)13(4)27-17(24)9-14-6-7-16(26-5)15(21)8-14/h6-8,13,22H,9H2,1-5H3/t13-/m1/s1. The van der Waals surface area contributed by atoms with Gasteiger partial charge in [-0.3, -0.25) is 14.4 Å². The smallest absolute Gasteiger partial charge is 0.310 e. The van der Waals surface area contributed by atoms with Gasteiger partial charge in [0.1, 0.15) is 0 Å². The molecule has 1 aromatic carbocycles. The van der Waals surface area contributed by atoms with Crippen molar-refractivity contribution in [1.29, 1.82) is 0 Å². The van der Waals surface area contributed by atoms with Gasteiger partial charge in [-0.15, -0.1) is 0 Å². The number of nitrogens with one attached hydrogen (secondary N) is 1. The van der Waals surface area contributed by atoms with Crippen LogP contribution in [-0.4, -0.2) is 35.7 Å². The third-order valence-electron chi connectivity index (χ3n) is 4.28. The van der Waals surface area contributed by atoms with Crippen molar-refractivity contribution in [2.24, 2.45) is 0 Å². The molecule has 27 heavy (non-hydrogen) atoms.